The molecule has 1 fully saturated rings. The number of unbranched alkanes of at least 4 members (excludes halogenated alkanes) is 1. The van der Waals surface area contributed by atoms with E-state index in [2.05, 4.69) is 6.92 Å². The first-order valence-corrected chi connectivity index (χ1v) is 4.48. The highest BCUT2D eigenvalue weighted by Crippen LogP contribution is 2.41. The molecule has 2 N–H and O–H groups in total. The van der Waals surface area contributed by atoms with E-state index in [4.69, 9.17) is 5.73 Å². The summed E-state index contributed by atoms with van der Waals surface area (Å²) in [5.41, 5.74) is 5.01. The molecule has 1 saturated carbocycles. The van der Waals surface area contributed by atoms with Crippen molar-refractivity contribution in [3.8, 4) is 0 Å². The molecule has 0 aromatic rings. The second-order valence-electron chi connectivity index (χ2n) is 3.69. The average molecular weight is 155 g/mol. The minimum absolute atomic E-state index is 0.158. The van der Waals surface area contributed by atoms with E-state index in [0.29, 0.717) is 6.42 Å². The summed E-state index contributed by atoms with van der Waals surface area (Å²) in [6.07, 6.45) is 5.43. The Kier molecular flexibility index (Phi) is 2.92. The van der Waals surface area contributed by atoms with Gasteiger partial charge >= 0.3 is 0 Å². The number of rotatable bonds is 5. The van der Waals surface area contributed by atoms with E-state index in [1.807, 2.05) is 0 Å². The second-order valence-corrected chi connectivity index (χ2v) is 3.69. The van der Waals surface area contributed by atoms with Crippen LogP contribution < -0.4 is 5.73 Å². The molecule has 0 aromatic heterocycles. The minimum atomic E-state index is -0.158. The van der Waals surface area contributed by atoms with Gasteiger partial charge < -0.3 is 5.73 Å². The van der Waals surface area contributed by atoms with Crippen molar-refractivity contribution in [2.24, 2.45) is 17.6 Å². The summed E-state index contributed by atoms with van der Waals surface area (Å²) >= 11 is 0. The predicted molar refractivity (Wildman–Crippen MR) is 44.9 cm³/mol. The first-order valence-electron chi connectivity index (χ1n) is 4.48. The molecule has 64 valence electrons. The van der Waals surface area contributed by atoms with Crippen LogP contribution >= 0.6 is 0 Å². The molecule has 0 bridgehead atoms. The van der Waals surface area contributed by atoms with E-state index in [1.54, 1.807) is 0 Å². The van der Waals surface area contributed by atoms with Crippen molar-refractivity contribution in [1.29, 1.82) is 0 Å². The van der Waals surface area contributed by atoms with Crippen LogP contribution in [0.2, 0.25) is 0 Å². The maximum Gasteiger partial charge on any atom is 0.217 e. The van der Waals surface area contributed by atoms with Crippen LogP contribution in [0.25, 0.3) is 0 Å². The van der Waals surface area contributed by atoms with Crippen LogP contribution in [0, 0.1) is 11.8 Å². The molecule has 1 amide bonds. The zero-order valence-electron chi connectivity index (χ0n) is 7.18. The number of primary amides is 1. The molecule has 2 heteroatoms. The molecule has 0 aliphatic heterocycles. The first kappa shape index (κ1) is 8.57. The van der Waals surface area contributed by atoms with Gasteiger partial charge in [-0.1, -0.05) is 19.8 Å². The van der Waals surface area contributed by atoms with E-state index in [9.17, 15) is 4.79 Å². The van der Waals surface area contributed by atoms with Crippen molar-refractivity contribution in [3.63, 3.8) is 0 Å². The number of nitrogens with two attached hydrogens (primary N) is 1. The summed E-state index contributed by atoms with van der Waals surface area (Å²) in [7, 11) is 0. The Bertz CT molecular complexity index is 144. The summed E-state index contributed by atoms with van der Waals surface area (Å²) in [6.45, 7) is 2.29. The van der Waals surface area contributed by atoms with Crippen LogP contribution in [-0.2, 0) is 4.79 Å². The van der Waals surface area contributed by atoms with Crippen molar-refractivity contribution < 1.29 is 4.79 Å². The normalized spacial score (nSPS) is 28.5. The van der Waals surface area contributed by atoms with E-state index >= 15 is 0 Å². The van der Waals surface area contributed by atoms with Crippen LogP contribution in [0.4, 0.5) is 0 Å². The monoisotopic (exact) mass is 155 g/mol. The highest BCUT2D eigenvalue weighted by atomic mass is 16.1. The minimum Gasteiger partial charge on any atom is -0.370 e. The van der Waals surface area contributed by atoms with Crippen molar-refractivity contribution in [1.82, 2.24) is 0 Å². The van der Waals surface area contributed by atoms with E-state index in [1.165, 1.54) is 19.3 Å². The Morgan fingerprint density at radius 1 is 1.55 bits per heavy atom. The van der Waals surface area contributed by atoms with Gasteiger partial charge in [0.1, 0.15) is 0 Å². The van der Waals surface area contributed by atoms with E-state index in [0.717, 1.165) is 18.3 Å². The van der Waals surface area contributed by atoms with Gasteiger partial charge in [-0.05, 0) is 24.7 Å². The lowest BCUT2D eigenvalue weighted by Gasteiger charge is -1.96. The molecular formula is C9H17NO. The Morgan fingerprint density at radius 2 is 2.18 bits per heavy atom. The quantitative estimate of drug-likeness (QED) is 0.603. The molecule has 1 aliphatic carbocycles. The average Bonchev–Trinajstić information content (AvgIpc) is 2.59. The van der Waals surface area contributed by atoms with Gasteiger partial charge in [0, 0.05) is 6.42 Å². The highest BCUT2D eigenvalue weighted by Gasteiger charge is 2.31. The molecule has 0 saturated heterocycles. The van der Waals surface area contributed by atoms with Gasteiger partial charge in [0.05, 0.1) is 0 Å². The fourth-order valence-electron chi connectivity index (χ4n) is 1.51. The molecular weight excluding hydrogens is 138 g/mol. The van der Waals surface area contributed by atoms with Gasteiger partial charge in [-0.15, -0.1) is 0 Å². The van der Waals surface area contributed by atoms with Gasteiger partial charge in [-0.3, -0.25) is 4.79 Å². The molecule has 1 unspecified atom stereocenters. The fourth-order valence-corrected chi connectivity index (χ4v) is 1.51. The molecule has 2 nitrogen and oxygen atoms in total. The molecule has 2 atom stereocenters. The predicted octanol–water partition coefficient (Wildman–Crippen LogP) is 1.69. The molecule has 0 aromatic carbocycles. The summed E-state index contributed by atoms with van der Waals surface area (Å²) in [4.78, 5) is 10.3. The van der Waals surface area contributed by atoms with Gasteiger partial charge in [-0.2, -0.15) is 0 Å². The van der Waals surface area contributed by atoms with E-state index in [-0.39, 0.29) is 5.91 Å². The summed E-state index contributed by atoms with van der Waals surface area (Å²) in [6, 6.07) is 0. The smallest absolute Gasteiger partial charge is 0.217 e. The van der Waals surface area contributed by atoms with Crippen molar-refractivity contribution in [2.45, 2.75) is 39.0 Å². The third-order valence-corrected chi connectivity index (χ3v) is 2.52. The van der Waals surface area contributed by atoms with Gasteiger partial charge in [-0.25, -0.2) is 0 Å². The van der Waals surface area contributed by atoms with Crippen LogP contribution in [0.5, 0.6) is 0 Å². The first-order chi connectivity index (χ1) is 5.20. The van der Waals surface area contributed by atoms with Gasteiger partial charge in [0.15, 0.2) is 0 Å². The molecule has 11 heavy (non-hydrogen) atoms. The Hall–Kier alpha value is -0.530. The number of hydrogen-bond donors (Lipinski definition) is 1. The third kappa shape index (κ3) is 3.40. The molecule has 1 rings (SSSR count). The van der Waals surface area contributed by atoms with Gasteiger partial charge in [0.25, 0.3) is 0 Å². The van der Waals surface area contributed by atoms with Crippen molar-refractivity contribution in [2.75, 3.05) is 0 Å². The van der Waals surface area contributed by atoms with Crippen molar-refractivity contribution in [3.05, 3.63) is 0 Å². The zero-order valence-corrected chi connectivity index (χ0v) is 7.18. The van der Waals surface area contributed by atoms with Crippen molar-refractivity contribution >= 4 is 5.91 Å². The lowest BCUT2D eigenvalue weighted by Crippen LogP contribution is -2.09. The molecule has 1 aliphatic rings. The third-order valence-electron chi connectivity index (χ3n) is 2.52. The lowest BCUT2D eigenvalue weighted by atomic mass is 10.1. The van der Waals surface area contributed by atoms with E-state index < -0.39 is 0 Å². The van der Waals surface area contributed by atoms with Crippen LogP contribution in [0.3, 0.4) is 0 Å². The zero-order chi connectivity index (χ0) is 8.27. The Morgan fingerprint density at radius 3 is 2.64 bits per heavy atom. The number of hydrogen-bond acceptors (Lipinski definition) is 1. The number of carbonyl (C=O) groups excluding carboxylic acids is 1. The van der Waals surface area contributed by atoms with Crippen LogP contribution in [0.1, 0.15) is 39.0 Å². The standard InChI is InChI=1S/C9H17NO/c1-7-6-8(7)4-2-3-5-9(10)11/h7-8H,2-6H2,1H3,(H2,10,11)/t7?,8-/m0/s1. The SMILES string of the molecule is CC1C[C@@H]1CCCCC(N)=O. The second kappa shape index (κ2) is 3.74. The summed E-state index contributed by atoms with van der Waals surface area (Å²) < 4.78 is 0. The molecule has 0 spiro atoms. The van der Waals surface area contributed by atoms with Crippen LogP contribution in [-0.4, -0.2) is 5.91 Å². The topological polar surface area (TPSA) is 43.1 Å². The Labute approximate surface area is 68.2 Å². The lowest BCUT2D eigenvalue weighted by molar-refractivity contribution is -0.118. The van der Waals surface area contributed by atoms with Gasteiger partial charge in [0.2, 0.25) is 5.91 Å². The maximum atomic E-state index is 10.3. The summed E-state index contributed by atoms with van der Waals surface area (Å²) in [5.74, 6) is 1.75. The molecule has 0 radical (unpaired) electrons. The largest absolute Gasteiger partial charge is 0.370 e. The Balaban J connectivity index is 1.85. The number of carbonyl (C=O) groups is 1. The number of amides is 1. The highest BCUT2D eigenvalue weighted by molar-refractivity contribution is 5.73. The molecule has 0 heterocycles. The van der Waals surface area contributed by atoms with Crippen LogP contribution in [0.15, 0.2) is 0 Å². The summed E-state index contributed by atoms with van der Waals surface area (Å²) in [5, 5.41) is 0. The maximum absolute atomic E-state index is 10.3. The fraction of sp³-hybridized carbons (Fsp3) is 0.889.